The molecule has 7 nitrogen and oxygen atoms in total. The highest BCUT2D eigenvalue weighted by molar-refractivity contribution is 6.76. The molecule has 1 amide bonds. The van der Waals surface area contributed by atoms with Crippen LogP contribution in [-0.2, 0) is 11.5 Å². The molecule has 3 aromatic heterocycles. The lowest BCUT2D eigenvalue weighted by Gasteiger charge is -2.16. The normalized spacial score (nSPS) is 11.8. The van der Waals surface area contributed by atoms with E-state index in [0.29, 0.717) is 24.9 Å². The van der Waals surface area contributed by atoms with Crippen molar-refractivity contribution in [3.63, 3.8) is 0 Å². The Morgan fingerprint density at radius 2 is 1.82 bits per heavy atom. The average Bonchev–Trinajstić information content (AvgIpc) is 3.24. The molecule has 0 unspecified atom stereocenters. The summed E-state index contributed by atoms with van der Waals surface area (Å²) >= 11 is 0. The third-order valence-corrected chi connectivity index (χ3v) is 8.41. The van der Waals surface area contributed by atoms with E-state index in [-0.39, 0.29) is 5.91 Å². The second kappa shape index (κ2) is 11.5. The van der Waals surface area contributed by atoms with Gasteiger partial charge in [0.05, 0.1) is 5.52 Å². The molecule has 2 N–H and O–H groups in total. The number of rotatable bonds is 10. The summed E-state index contributed by atoms with van der Waals surface area (Å²) in [5.74, 6) is 1.06. The molecule has 0 bridgehead atoms. The molecule has 200 valence electrons. The van der Waals surface area contributed by atoms with Crippen LogP contribution in [0, 0.1) is 6.92 Å². The minimum absolute atomic E-state index is 0.221. The van der Waals surface area contributed by atoms with E-state index in [1.54, 1.807) is 13.2 Å². The third kappa shape index (κ3) is 6.31. The van der Waals surface area contributed by atoms with E-state index in [1.165, 1.54) is 5.56 Å². The van der Waals surface area contributed by atoms with E-state index in [4.69, 9.17) is 9.72 Å². The summed E-state index contributed by atoms with van der Waals surface area (Å²) in [4.78, 5) is 21.8. The Kier molecular flexibility index (Phi) is 8.33. The molecule has 3 heterocycles. The topological polar surface area (TPSA) is 81.1 Å². The second-order valence-electron chi connectivity index (χ2n) is 11.3. The van der Waals surface area contributed by atoms with E-state index in [2.05, 4.69) is 92.6 Å². The molecular formula is C30H39N5O2Si. The number of amides is 1. The van der Waals surface area contributed by atoms with Crippen LogP contribution in [0.15, 0.2) is 55.0 Å². The van der Waals surface area contributed by atoms with E-state index < -0.39 is 8.07 Å². The van der Waals surface area contributed by atoms with Crippen molar-refractivity contribution < 1.29 is 9.53 Å². The molecule has 8 heteroatoms. The Labute approximate surface area is 226 Å². The lowest BCUT2D eigenvalue weighted by Crippen LogP contribution is -2.22. The maximum atomic E-state index is 12.7. The molecule has 38 heavy (non-hydrogen) atoms. The highest BCUT2D eigenvalue weighted by Crippen LogP contribution is 2.34. The van der Waals surface area contributed by atoms with Gasteiger partial charge in [-0.15, -0.1) is 0 Å². The van der Waals surface area contributed by atoms with Gasteiger partial charge >= 0.3 is 0 Å². The number of nitrogens with zero attached hydrogens (tertiary/aromatic N) is 3. The number of benzene rings is 1. The molecule has 0 saturated carbocycles. The lowest BCUT2D eigenvalue weighted by molar-refractivity contribution is 0.0895. The maximum Gasteiger partial charge on any atom is 0.271 e. The Bertz CT molecular complexity index is 1420. The van der Waals surface area contributed by atoms with Crippen molar-refractivity contribution in [2.45, 2.75) is 59.1 Å². The van der Waals surface area contributed by atoms with Gasteiger partial charge < -0.3 is 19.9 Å². The van der Waals surface area contributed by atoms with Crippen molar-refractivity contribution in [3.8, 4) is 11.1 Å². The van der Waals surface area contributed by atoms with Crippen molar-refractivity contribution in [2.75, 3.05) is 19.0 Å². The number of ether oxygens (including phenoxy) is 1. The fourth-order valence-corrected chi connectivity index (χ4v) is 5.16. The van der Waals surface area contributed by atoms with E-state index in [0.717, 1.165) is 45.1 Å². The number of pyridine rings is 2. The van der Waals surface area contributed by atoms with Gasteiger partial charge in [-0.1, -0.05) is 45.6 Å². The highest BCUT2D eigenvalue weighted by atomic mass is 28.3. The predicted octanol–water partition coefficient (Wildman–Crippen LogP) is 6.95. The summed E-state index contributed by atoms with van der Waals surface area (Å²) in [7, 11) is 0.417. The number of hydrogen-bond donors (Lipinski definition) is 2. The fourth-order valence-electron chi connectivity index (χ4n) is 4.40. The standard InChI is InChI=1S/C30H39N5O2Si/c1-20(2)22-8-10-23(11-9-22)34-27-16-21(3)25(17-33-27)26-18-35(19-37-14-15-38(5,6)7)29-24(26)12-13-32-28(29)30(36)31-4/h8-13,16-18,20H,14-15,19H2,1-7H3,(H,31,36)(H,33,34). The number of carbonyl (C=O) groups is 1. The van der Waals surface area contributed by atoms with Gasteiger partial charge in [0, 0.05) is 62.5 Å². The third-order valence-electron chi connectivity index (χ3n) is 6.71. The molecule has 4 rings (SSSR count). The number of anilines is 2. The van der Waals surface area contributed by atoms with Gasteiger partial charge in [0.2, 0.25) is 0 Å². The quantitative estimate of drug-likeness (QED) is 0.172. The van der Waals surface area contributed by atoms with Gasteiger partial charge in [-0.05, 0) is 54.3 Å². The maximum absolute atomic E-state index is 12.7. The summed E-state index contributed by atoms with van der Waals surface area (Å²) in [6.07, 6.45) is 5.63. The minimum Gasteiger partial charge on any atom is -0.361 e. The van der Waals surface area contributed by atoms with Gasteiger partial charge in [0.25, 0.3) is 5.91 Å². The largest absolute Gasteiger partial charge is 0.361 e. The van der Waals surface area contributed by atoms with Crippen LogP contribution in [0.2, 0.25) is 25.7 Å². The summed E-state index contributed by atoms with van der Waals surface area (Å²) in [5.41, 5.74) is 6.55. The zero-order valence-electron chi connectivity index (χ0n) is 23.6. The number of hydrogen-bond acceptors (Lipinski definition) is 5. The van der Waals surface area contributed by atoms with E-state index in [9.17, 15) is 4.79 Å². The number of fused-ring (bicyclic) bond motifs is 1. The van der Waals surface area contributed by atoms with Crippen LogP contribution in [0.5, 0.6) is 0 Å². The molecule has 0 aliphatic rings. The smallest absolute Gasteiger partial charge is 0.271 e. The molecule has 0 aliphatic carbocycles. The first kappa shape index (κ1) is 27.5. The molecule has 1 aromatic carbocycles. The number of nitrogens with one attached hydrogen (secondary N) is 2. The van der Waals surface area contributed by atoms with Crippen LogP contribution in [0.3, 0.4) is 0 Å². The number of aryl methyl sites for hydroxylation is 1. The Hall–Kier alpha value is -3.49. The van der Waals surface area contributed by atoms with Crippen molar-refractivity contribution >= 4 is 36.4 Å². The van der Waals surface area contributed by atoms with E-state index in [1.807, 2.05) is 16.8 Å². The monoisotopic (exact) mass is 529 g/mol. The van der Waals surface area contributed by atoms with Crippen molar-refractivity contribution in [3.05, 3.63) is 71.8 Å². The first-order valence-electron chi connectivity index (χ1n) is 13.2. The molecule has 0 spiro atoms. The van der Waals surface area contributed by atoms with Crippen molar-refractivity contribution in [1.82, 2.24) is 19.9 Å². The molecule has 0 fully saturated rings. The van der Waals surface area contributed by atoms with Gasteiger partial charge in [-0.2, -0.15) is 0 Å². The van der Waals surface area contributed by atoms with Crippen molar-refractivity contribution in [2.24, 2.45) is 0 Å². The van der Waals surface area contributed by atoms with Crippen LogP contribution in [0.1, 0.15) is 41.4 Å². The van der Waals surface area contributed by atoms with Gasteiger partial charge in [-0.25, -0.2) is 9.97 Å². The average molecular weight is 530 g/mol. The zero-order valence-corrected chi connectivity index (χ0v) is 24.6. The molecule has 0 saturated heterocycles. The highest BCUT2D eigenvalue weighted by Gasteiger charge is 2.20. The van der Waals surface area contributed by atoms with Crippen LogP contribution in [-0.4, -0.2) is 42.2 Å². The molecule has 0 aliphatic heterocycles. The number of aromatic nitrogens is 3. The van der Waals surface area contributed by atoms with Crippen LogP contribution in [0.25, 0.3) is 22.0 Å². The summed E-state index contributed by atoms with van der Waals surface area (Å²) in [6.45, 7) is 14.5. The lowest BCUT2D eigenvalue weighted by atomic mass is 10.0. The molecular weight excluding hydrogens is 490 g/mol. The summed E-state index contributed by atoms with van der Waals surface area (Å²) in [6, 6.07) is 13.6. The van der Waals surface area contributed by atoms with E-state index >= 15 is 0 Å². The SMILES string of the molecule is CNC(=O)c1nccc2c(-c3cnc(Nc4ccc(C(C)C)cc4)cc3C)cn(COCC[Si](C)(C)C)c12. The molecule has 4 aromatic rings. The van der Waals surface area contributed by atoms with Gasteiger partial charge in [0.15, 0.2) is 5.69 Å². The van der Waals surface area contributed by atoms with Gasteiger partial charge in [0.1, 0.15) is 12.5 Å². The second-order valence-corrected chi connectivity index (χ2v) is 16.9. The molecule has 0 radical (unpaired) electrons. The Morgan fingerprint density at radius 3 is 2.45 bits per heavy atom. The zero-order chi connectivity index (χ0) is 27.4. The molecule has 0 atom stereocenters. The van der Waals surface area contributed by atoms with Crippen LogP contribution >= 0.6 is 0 Å². The fraction of sp³-hybridized carbons (Fsp3) is 0.367. The Balaban J connectivity index is 1.67. The van der Waals surface area contributed by atoms with Crippen LogP contribution < -0.4 is 10.6 Å². The van der Waals surface area contributed by atoms with Crippen molar-refractivity contribution in [1.29, 1.82) is 0 Å². The minimum atomic E-state index is -1.21. The summed E-state index contributed by atoms with van der Waals surface area (Å²) < 4.78 is 8.07. The van der Waals surface area contributed by atoms with Gasteiger partial charge in [-0.3, -0.25) is 4.79 Å². The Morgan fingerprint density at radius 1 is 1.08 bits per heavy atom. The first-order valence-corrected chi connectivity index (χ1v) is 16.9. The summed E-state index contributed by atoms with van der Waals surface area (Å²) in [5, 5.41) is 7.08. The first-order chi connectivity index (χ1) is 18.1. The predicted molar refractivity (Wildman–Crippen MR) is 159 cm³/mol. The number of carbonyl (C=O) groups excluding carboxylic acids is 1. The van der Waals surface area contributed by atoms with Crippen LogP contribution in [0.4, 0.5) is 11.5 Å².